The fourth-order valence-electron chi connectivity index (χ4n) is 3.04. The SMILES string of the molecule is O=C(OC1CN(c2nc3ccc(F)cc3s2)C1)c1sc2ccccc2c1Cl. The van der Waals surface area contributed by atoms with E-state index >= 15 is 0 Å². The van der Waals surface area contributed by atoms with Crippen molar-refractivity contribution in [3.63, 3.8) is 0 Å². The van der Waals surface area contributed by atoms with Crippen LogP contribution in [-0.2, 0) is 4.74 Å². The molecule has 8 heteroatoms. The second-order valence-electron chi connectivity index (χ2n) is 6.28. The number of thiazole rings is 1. The van der Waals surface area contributed by atoms with Gasteiger partial charge in [-0.15, -0.1) is 11.3 Å². The van der Waals surface area contributed by atoms with Gasteiger partial charge in [0.1, 0.15) is 16.8 Å². The highest BCUT2D eigenvalue weighted by Crippen LogP contribution is 2.37. The molecular formula is C19H12ClFN2O2S2. The fourth-order valence-corrected chi connectivity index (χ4v) is 5.44. The van der Waals surface area contributed by atoms with E-state index in [1.165, 1.54) is 34.8 Å². The third kappa shape index (κ3) is 2.96. The number of carbonyl (C=O) groups excluding carboxylic acids is 1. The van der Waals surface area contributed by atoms with E-state index in [0.29, 0.717) is 23.0 Å². The van der Waals surface area contributed by atoms with Gasteiger partial charge in [0.2, 0.25) is 0 Å². The average Bonchev–Trinajstić information content (AvgIpc) is 3.18. The number of nitrogens with zero attached hydrogens (tertiary/aromatic N) is 2. The molecule has 1 aliphatic rings. The summed E-state index contributed by atoms with van der Waals surface area (Å²) >= 11 is 9.12. The van der Waals surface area contributed by atoms with E-state index < -0.39 is 5.97 Å². The first-order chi connectivity index (χ1) is 13.1. The number of esters is 1. The molecule has 0 bridgehead atoms. The number of halogens is 2. The van der Waals surface area contributed by atoms with Crippen molar-refractivity contribution in [1.29, 1.82) is 0 Å². The van der Waals surface area contributed by atoms with Crippen LogP contribution in [0.1, 0.15) is 9.67 Å². The van der Waals surface area contributed by atoms with Crippen LogP contribution in [0.25, 0.3) is 20.3 Å². The van der Waals surface area contributed by atoms with Gasteiger partial charge >= 0.3 is 5.97 Å². The maximum absolute atomic E-state index is 13.3. The van der Waals surface area contributed by atoms with Crippen LogP contribution in [0.2, 0.25) is 5.02 Å². The first-order valence-electron chi connectivity index (χ1n) is 8.27. The summed E-state index contributed by atoms with van der Waals surface area (Å²) in [7, 11) is 0. The van der Waals surface area contributed by atoms with Gasteiger partial charge in [0.25, 0.3) is 0 Å². The summed E-state index contributed by atoms with van der Waals surface area (Å²) in [5, 5.41) is 2.13. The van der Waals surface area contributed by atoms with Crippen LogP contribution < -0.4 is 4.90 Å². The molecule has 2 aromatic carbocycles. The van der Waals surface area contributed by atoms with Gasteiger partial charge in [0.15, 0.2) is 5.13 Å². The highest BCUT2D eigenvalue weighted by Gasteiger charge is 2.33. The van der Waals surface area contributed by atoms with E-state index in [-0.39, 0.29) is 11.9 Å². The first kappa shape index (κ1) is 16.9. The third-order valence-corrected chi connectivity index (χ3v) is 7.19. The van der Waals surface area contributed by atoms with Gasteiger partial charge in [-0.2, -0.15) is 0 Å². The molecule has 0 amide bonds. The van der Waals surface area contributed by atoms with E-state index in [9.17, 15) is 9.18 Å². The van der Waals surface area contributed by atoms with Crippen molar-refractivity contribution in [2.24, 2.45) is 0 Å². The van der Waals surface area contributed by atoms with E-state index in [1.807, 2.05) is 29.2 Å². The van der Waals surface area contributed by atoms with Crippen molar-refractivity contribution in [2.45, 2.75) is 6.10 Å². The zero-order valence-corrected chi connectivity index (χ0v) is 16.2. The molecule has 1 saturated heterocycles. The number of aromatic nitrogens is 1. The lowest BCUT2D eigenvalue weighted by Gasteiger charge is -2.38. The van der Waals surface area contributed by atoms with Crippen molar-refractivity contribution in [3.8, 4) is 0 Å². The Morgan fingerprint density at radius 2 is 2.00 bits per heavy atom. The molecule has 2 aromatic heterocycles. The van der Waals surface area contributed by atoms with Gasteiger partial charge in [-0.3, -0.25) is 0 Å². The number of anilines is 1. The van der Waals surface area contributed by atoms with Gasteiger partial charge in [0.05, 0.1) is 28.3 Å². The van der Waals surface area contributed by atoms with E-state index in [0.717, 1.165) is 25.4 Å². The van der Waals surface area contributed by atoms with Gasteiger partial charge in [-0.1, -0.05) is 41.1 Å². The number of benzene rings is 2. The number of hydrogen-bond donors (Lipinski definition) is 0. The molecule has 0 unspecified atom stereocenters. The summed E-state index contributed by atoms with van der Waals surface area (Å²) in [6.07, 6.45) is -0.206. The lowest BCUT2D eigenvalue weighted by Crippen LogP contribution is -2.53. The zero-order valence-electron chi connectivity index (χ0n) is 13.8. The normalized spacial score (nSPS) is 14.7. The number of carbonyl (C=O) groups is 1. The van der Waals surface area contributed by atoms with Crippen LogP contribution in [0.4, 0.5) is 9.52 Å². The topological polar surface area (TPSA) is 42.4 Å². The molecule has 1 fully saturated rings. The van der Waals surface area contributed by atoms with Crippen LogP contribution in [-0.4, -0.2) is 30.1 Å². The number of thiophene rings is 1. The van der Waals surface area contributed by atoms with E-state index in [4.69, 9.17) is 16.3 Å². The van der Waals surface area contributed by atoms with Crippen LogP contribution in [0.5, 0.6) is 0 Å². The second kappa shape index (κ2) is 6.44. The standard InChI is InChI=1S/C19H12ClFN2O2S2/c20-16-12-3-1-2-4-14(12)26-17(16)18(24)25-11-8-23(9-11)19-22-13-6-5-10(21)7-15(13)27-19/h1-7,11H,8-9H2. The summed E-state index contributed by atoms with van der Waals surface area (Å²) in [4.78, 5) is 19.5. The fraction of sp³-hybridized carbons (Fsp3) is 0.158. The molecular weight excluding hydrogens is 407 g/mol. The Labute approximate surface area is 166 Å². The van der Waals surface area contributed by atoms with Gasteiger partial charge in [-0.05, 0) is 24.3 Å². The second-order valence-corrected chi connectivity index (χ2v) is 8.72. The van der Waals surface area contributed by atoms with Crippen molar-refractivity contribution in [1.82, 2.24) is 4.98 Å². The minimum absolute atomic E-state index is 0.206. The predicted octanol–water partition coefficient (Wildman–Crippen LogP) is 5.35. The smallest absolute Gasteiger partial charge is 0.350 e. The Kier molecular flexibility index (Phi) is 4.03. The Hall–Kier alpha value is -2.22. The van der Waals surface area contributed by atoms with E-state index in [2.05, 4.69) is 4.98 Å². The monoisotopic (exact) mass is 418 g/mol. The predicted molar refractivity (Wildman–Crippen MR) is 108 cm³/mol. The minimum Gasteiger partial charge on any atom is -0.454 e. The minimum atomic E-state index is -0.391. The number of ether oxygens (including phenoxy) is 1. The highest BCUT2D eigenvalue weighted by molar-refractivity contribution is 7.22. The van der Waals surface area contributed by atoms with Gasteiger partial charge < -0.3 is 9.64 Å². The quantitative estimate of drug-likeness (QED) is 0.421. The molecule has 1 aliphatic heterocycles. The Morgan fingerprint density at radius 3 is 2.81 bits per heavy atom. The Balaban J connectivity index is 1.27. The zero-order chi connectivity index (χ0) is 18.5. The summed E-state index contributed by atoms with van der Waals surface area (Å²) in [6, 6.07) is 12.2. The van der Waals surface area contributed by atoms with Crippen LogP contribution in [0.15, 0.2) is 42.5 Å². The van der Waals surface area contributed by atoms with Crippen molar-refractivity contribution in [3.05, 3.63) is 58.2 Å². The molecule has 0 saturated carbocycles. The lowest BCUT2D eigenvalue weighted by molar-refractivity contribution is 0.0240. The third-order valence-electron chi connectivity index (χ3n) is 4.45. The van der Waals surface area contributed by atoms with Crippen molar-refractivity contribution < 1.29 is 13.9 Å². The molecule has 4 nitrogen and oxygen atoms in total. The van der Waals surface area contributed by atoms with Crippen LogP contribution in [0.3, 0.4) is 0 Å². The summed E-state index contributed by atoms with van der Waals surface area (Å²) in [5.74, 6) is -0.662. The van der Waals surface area contributed by atoms with E-state index in [1.54, 1.807) is 6.07 Å². The van der Waals surface area contributed by atoms with Gasteiger partial charge in [0, 0.05) is 10.1 Å². The highest BCUT2D eigenvalue weighted by atomic mass is 35.5. The number of rotatable bonds is 3. The maximum Gasteiger partial charge on any atom is 0.350 e. The molecule has 3 heterocycles. The Morgan fingerprint density at radius 1 is 1.19 bits per heavy atom. The molecule has 136 valence electrons. The molecule has 5 rings (SSSR count). The largest absolute Gasteiger partial charge is 0.454 e. The average molecular weight is 419 g/mol. The summed E-state index contributed by atoms with van der Waals surface area (Å²) in [5.41, 5.74) is 0.772. The molecule has 0 spiro atoms. The lowest BCUT2D eigenvalue weighted by atomic mass is 10.2. The molecule has 0 atom stereocenters. The summed E-state index contributed by atoms with van der Waals surface area (Å²) < 4.78 is 20.7. The van der Waals surface area contributed by atoms with Crippen LogP contribution >= 0.6 is 34.3 Å². The van der Waals surface area contributed by atoms with Crippen LogP contribution in [0, 0.1) is 5.82 Å². The molecule has 0 radical (unpaired) electrons. The number of hydrogen-bond acceptors (Lipinski definition) is 6. The number of fused-ring (bicyclic) bond motifs is 2. The first-order valence-corrected chi connectivity index (χ1v) is 10.3. The molecule has 4 aromatic rings. The van der Waals surface area contributed by atoms with Crippen molar-refractivity contribution >= 4 is 65.7 Å². The molecule has 0 N–H and O–H groups in total. The molecule has 27 heavy (non-hydrogen) atoms. The maximum atomic E-state index is 13.3. The Bertz CT molecular complexity index is 1180. The van der Waals surface area contributed by atoms with Crippen molar-refractivity contribution in [2.75, 3.05) is 18.0 Å². The summed E-state index contributed by atoms with van der Waals surface area (Å²) in [6.45, 7) is 1.13. The van der Waals surface area contributed by atoms with Gasteiger partial charge in [-0.25, -0.2) is 14.2 Å². The molecule has 0 aliphatic carbocycles.